The average molecular weight is 874 g/mol. The molecule has 0 aliphatic carbocycles. The molecule has 3 aromatic heterocycles. The van der Waals surface area contributed by atoms with Gasteiger partial charge in [0.25, 0.3) is 0 Å². The highest BCUT2D eigenvalue weighted by Gasteiger charge is 2.29. The summed E-state index contributed by atoms with van der Waals surface area (Å²) in [6.07, 6.45) is 0. The van der Waals surface area contributed by atoms with Crippen LogP contribution in [0, 0.1) is 0 Å². The van der Waals surface area contributed by atoms with Crippen molar-refractivity contribution >= 4 is 65.4 Å². The third-order valence-corrected chi connectivity index (χ3v) is 14.4. The maximum atomic E-state index is 2.55. The fraction of sp³-hybridized carbons (Fsp3) is 0.250. The summed E-state index contributed by atoms with van der Waals surface area (Å²) in [7, 11) is 0. The molecule has 3 heterocycles. The van der Waals surface area contributed by atoms with Gasteiger partial charge in [0.1, 0.15) is 0 Å². The van der Waals surface area contributed by atoms with E-state index in [0.717, 1.165) is 0 Å². The van der Waals surface area contributed by atoms with Crippen LogP contribution in [0.3, 0.4) is 0 Å². The largest absolute Gasteiger partial charge is 0.309 e. The molecular weight excluding hydrogens is 811 g/mol. The van der Waals surface area contributed by atoms with Crippen LogP contribution in [-0.2, 0) is 21.7 Å². The maximum absolute atomic E-state index is 2.55. The average Bonchev–Trinajstić information content (AvgIpc) is 3.92. The summed E-state index contributed by atoms with van der Waals surface area (Å²) < 4.78 is 7.57. The molecule has 0 aliphatic heterocycles. The van der Waals surface area contributed by atoms with E-state index in [1.807, 2.05) is 0 Å². The second-order valence-corrected chi connectivity index (χ2v) is 23.2. The minimum Gasteiger partial charge on any atom is -0.309 e. The summed E-state index contributed by atoms with van der Waals surface area (Å²) in [5.74, 6) is 0. The molecule has 67 heavy (non-hydrogen) atoms. The summed E-state index contributed by atoms with van der Waals surface area (Å²) in [6, 6.07) is 62.2. The number of fused-ring (bicyclic) bond motifs is 9. The number of para-hydroxylation sites is 3. The van der Waals surface area contributed by atoms with Gasteiger partial charge in [0.05, 0.1) is 50.2 Å². The number of hydrogen-bond acceptors (Lipinski definition) is 0. The van der Waals surface area contributed by atoms with Crippen LogP contribution < -0.4 is 0 Å². The van der Waals surface area contributed by atoms with Crippen LogP contribution in [-0.4, -0.2) is 13.7 Å². The highest BCUT2D eigenvalue weighted by atomic mass is 15.0. The van der Waals surface area contributed by atoms with Crippen LogP contribution in [0.25, 0.3) is 93.6 Å². The lowest BCUT2D eigenvalue weighted by molar-refractivity contribution is 0.584. The van der Waals surface area contributed by atoms with Crippen molar-refractivity contribution in [3.05, 3.63) is 186 Å². The predicted octanol–water partition coefficient (Wildman–Crippen LogP) is 17.8. The van der Waals surface area contributed by atoms with Gasteiger partial charge in [-0.2, -0.15) is 0 Å². The molecule has 11 rings (SSSR count). The number of nitrogens with zero attached hydrogens (tertiary/aromatic N) is 3. The Labute approximate surface area is 396 Å². The van der Waals surface area contributed by atoms with Gasteiger partial charge in [0.15, 0.2) is 0 Å². The third-order valence-electron chi connectivity index (χ3n) is 14.4. The molecule has 0 bridgehead atoms. The van der Waals surface area contributed by atoms with Gasteiger partial charge in [0, 0.05) is 37.9 Å². The Morgan fingerprint density at radius 1 is 0.269 bits per heavy atom. The Balaban J connectivity index is 1.14. The Morgan fingerprint density at radius 3 is 1.09 bits per heavy atom. The van der Waals surface area contributed by atoms with Crippen molar-refractivity contribution in [2.75, 3.05) is 0 Å². The van der Waals surface area contributed by atoms with Crippen molar-refractivity contribution in [3.63, 3.8) is 0 Å². The fourth-order valence-electron chi connectivity index (χ4n) is 11.0. The summed E-state index contributed by atoms with van der Waals surface area (Å²) in [5.41, 5.74) is 18.5. The molecule has 0 fully saturated rings. The van der Waals surface area contributed by atoms with E-state index in [1.54, 1.807) is 0 Å². The first-order valence-corrected chi connectivity index (χ1v) is 24.2. The smallest absolute Gasteiger partial charge is 0.0541 e. The highest BCUT2D eigenvalue weighted by molar-refractivity contribution is 6.13. The van der Waals surface area contributed by atoms with Crippen LogP contribution in [0.1, 0.15) is 105 Å². The molecule has 3 heteroatoms. The van der Waals surface area contributed by atoms with E-state index in [9.17, 15) is 0 Å². The number of hydrogen-bond donors (Lipinski definition) is 0. The Hall–Kier alpha value is -6.84. The second kappa shape index (κ2) is 14.8. The Bertz CT molecular complexity index is 3650. The first-order chi connectivity index (χ1) is 31.8. The molecule has 0 saturated heterocycles. The van der Waals surface area contributed by atoms with Gasteiger partial charge in [0.2, 0.25) is 0 Å². The Morgan fingerprint density at radius 2 is 0.642 bits per heavy atom. The van der Waals surface area contributed by atoms with E-state index in [2.05, 4.69) is 261 Å². The molecule has 334 valence electrons. The first-order valence-electron chi connectivity index (χ1n) is 24.2. The quantitative estimate of drug-likeness (QED) is 0.167. The fourth-order valence-corrected chi connectivity index (χ4v) is 11.0. The van der Waals surface area contributed by atoms with Crippen LogP contribution in [0.15, 0.2) is 164 Å². The molecule has 3 nitrogen and oxygen atoms in total. The van der Waals surface area contributed by atoms with E-state index in [-0.39, 0.29) is 21.7 Å². The van der Waals surface area contributed by atoms with Crippen LogP contribution in [0.5, 0.6) is 0 Å². The van der Waals surface area contributed by atoms with Gasteiger partial charge in [-0.3, -0.25) is 0 Å². The molecule has 8 aromatic carbocycles. The molecule has 0 saturated carbocycles. The third kappa shape index (κ3) is 6.84. The number of rotatable bonds is 4. The zero-order valence-electron chi connectivity index (χ0n) is 41.4. The topological polar surface area (TPSA) is 14.8 Å². The number of benzene rings is 8. The molecule has 0 atom stereocenters. The summed E-state index contributed by atoms with van der Waals surface area (Å²) in [5, 5.41) is 7.66. The van der Waals surface area contributed by atoms with Gasteiger partial charge >= 0.3 is 0 Å². The van der Waals surface area contributed by atoms with Crippen molar-refractivity contribution in [3.8, 4) is 28.2 Å². The zero-order chi connectivity index (χ0) is 46.9. The van der Waals surface area contributed by atoms with Crippen molar-refractivity contribution in [1.82, 2.24) is 13.7 Å². The molecule has 11 aromatic rings. The van der Waals surface area contributed by atoms with Gasteiger partial charge in [-0.05, 0) is 122 Å². The summed E-state index contributed by atoms with van der Waals surface area (Å²) in [6.45, 7) is 28.0. The lowest BCUT2D eigenvalue weighted by atomic mass is 9.84. The van der Waals surface area contributed by atoms with E-state index in [1.165, 1.54) is 116 Å². The molecular formula is C64H63N3. The van der Waals surface area contributed by atoms with E-state index in [4.69, 9.17) is 0 Å². The van der Waals surface area contributed by atoms with Gasteiger partial charge < -0.3 is 13.7 Å². The summed E-state index contributed by atoms with van der Waals surface area (Å²) in [4.78, 5) is 0. The minimum absolute atomic E-state index is 0.0337. The minimum atomic E-state index is -0.184. The van der Waals surface area contributed by atoms with Crippen LogP contribution in [0.2, 0.25) is 0 Å². The molecule has 0 aliphatic rings. The van der Waals surface area contributed by atoms with E-state index < -0.39 is 0 Å². The molecule has 0 unspecified atom stereocenters. The molecule has 0 radical (unpaired) electrons. The molecule has 0 amide bonds. The first kappa shape index (κ1) is 42.8. The summed E-state index contributed by atoms with van der Waals surface area (Å²) >= 11 is 0. The number of aromatic nitrogens is 3. The highest BCUT2D eigenvalue weighted by Crippen LogP contribution is 2.45. The standard InChI is InChI=1S/C64H63N3/c1-61(2,3)42-30-34-55-48(38-42)49-39-43(62(4,5)6)31-35-56(49)67(55)59-37-41(28-32-50(59)63(7,8)9)40-29-33-54-47(36-40)46-22-15-18-25-53(46)66(54)58-27-19-26-57(60(58)64(10,11)12)65-51-23-16-13-20-44(51)45-21-14-17-24-52(45)65/h13-39H,1-12H3. The van der Waals surface area contributed by atoms with Crippen LogP contribution >= 0.6 is 0 Å². The van der Waals surface area contributed by atoms with Crippen molar-refractivity contribution in [2.45, 2.75) is 105 Å². The van der Waals surface area contributed by atoms with Gasteiger partial charge in [-0.25, -0.2) is 0 Å². The SMILES string of the molecule is CC(C)(C)c1ccc2c(c1)c1cc(C(C)(C)C)ccc1n2-c1cc(-c2ccc3c(c2)c2ccccc2n3-c2cccc(-n3c4ccccc4c4ccccc43)c2C(C)(C)C)ccc1C(C)(C)C. The van der Waals surface area contributed by atoms with Crippen LogP contribution in [0.4, 0.5) is 0 Å². The normalized spacial score (nSPS) is 13.1. The van der Waals surface area contributed by atoms with Gasteiger partial charge in [-0.15, -0.1) is 0 Å². The maximum Gasteiger partial charge on any atom is 0.0541 e. The molecule has 0 N–H and O–H groups in total. The van der Waals surface area contributed by atoms with E-state index >= 15 is 0 Å². The lowest BCUT2D eigenvalue weighted by Gasteiger charge is -2.28. The van der Waals surface area contributed by atoms with E-state index in [0.29, 0.717) is 0 Å². The second-order valence-electron chi connectivity index (χ2n) is 23.2. The van der Waals surface area contributed by atoms with Crippen molar-refractivity contribution in [2.24, 2.45) is 0 Å². The van der Waals surface area contributed by atoms with Crippen molar-refractivity contribution < 1.29 is 0 Å². The predicted molar refractivity (Wildman–Crippen MR) is 290 cm³/mol. The Kier molecular flexibility index (Phi) is 9.47. The molecule has 0 spiro atoms. The zero-order valence-corrected chi connectivity index (χ0v) is 41.4. The van der Waals surface area contributed by atoms with Gasteiger partial charge in [-0.1, -0.05) is 174 Å². The van der Waals surface area contributed by atoms with Crippen molar-refractivity contribution in [1.29, 1.82) is 0 Å². The monoisotopic (exact) mass is 874 g/mol. The lowest BCUT2D eigenvalue weighted by Crippen LogP contribution is -2.19.